The number of carbonyl (C=O) groups excluding carboxylic acids is 2. The molecule has 1 aliphatic heterocycles. The van der Waals surface area contributed by atoms with Gasteiger partial charge in [0.25, 0.3) is 5.91 Å². The fourth-order valence-electron chi connectivity index (χ4n) is 4.64. The topological polar surface area (TPSA) is 89.2 Å². The first-order valence-corrected chi connectivity index (χ1v) is 11.5. The molecule has 36 heavy (non-hydrogen) atoms. The number of methoxy groups -OCH3 is 2. The minimum absolute atomic E-state index is 0.0183. The van der Waals surface area contributed by atoms with E-state index in [1.165, 1.54) is 12.0 Å². The summed E-state index contributed by atoms with van der Waals surface area (Å²) in [6.45, 7) is 2.10. The standard InChI is InChI=1S/C29H25NO6/c1-17-7-4-9-19(13-17)25-24(26(31)23-15-20-10-6-12-22(35-3)28(20)36-23)27(32)29(33)30(25)16-18-8-5-11-21(14-18)34-2/h4-15,25,32H,16H2,1-3H3. The smallest absolute Gasteiger partial charge is 0.290 e. The maximum Gasteiger partial charge on any atom is 0.290 e. The van der Waals surface area contributed by atoms with Crippen molar-refractivity contribution < 1.29 is 28.6 Å². The summed E-state index contributed by atoms with van der Waals surface area (Å²) >= 11 is 0. The second-order valence-corrected chi connectivity index (χ2v) is 8.68. The Kier molecular flexibility index (Phi) is 5.98. The quantitative estimate of drug-likeness (QED) is 0.347. The second-order valence-electron chi connectivity index (χ2n) is 8.68. The summed E-state index contributed by atoms with van der Waals surface area (Å²) in [5.74, 6) is -0.607. The van der Waals surface area contributed by atoms with E-state index in [1.54, 1.807) is 31.4 Å². The number of furan rings is 1. The summed E-state index contributed by atoms with van der Waals surface area (Å²) in [5.41, 5.74) is 2.88. The Labute approximate surface area is 208 Å². The van der Waals surface area contributed by atoms with Crippen molar-refractivity contribution in [3.63, 3.8) is 0 Å². The van der Waals surface area contributed by atoms with Crippen molar-refractivity contribution in [3.8, 4) is 11.5 Å². The molecule has 1 aliphatic rings. The normalized spacial score (nSPS) is 15.6. The fraction of sp³-hybridized carbons (Fsp3) is 0.172. The van der Waals surface area contributed by atoms with Crippen LogP contribution < -0.4 is 9.47 Å². The maximum absolute atomic E-state index is 13.8. The molecule has 7 nitrogen and oxygen atoms in total. The molecule has 1 amide bonds. The number of fused-ring (bicyclic) bond motifs is 1. The van der Waals surface area contributed by atoms with E-state index >= 15 is 0 Å². The van der Waals surface area contributed by atoms with E-state index < -0.39 is 23.5 Å². The predicted octanol–water partition coefficient (Wildman–Crippen LogP) is 5.54. The van der Waals surface area contributed by atoms with Crippen molar-refractivity contribution in [1.82, 2.24) is 4.90 Å². The van der Waals surface area contributed by atoms with Gasteiger partial charge < -0.3 is 23.9 Å². The number of ketones is 1. The molecule has 1 aromatic heterocycles. The minimum atomic E-state index is -0.800. The van der Waals surface area contributed by atoms with E-state index in [0.29, 0.717) is 28.0 Å². The maximum atomic E-state index is 13.8. The molecule has 0 spiro atoms. The van der Waals surface area contributed by atoms with E-state index in [4.69, 9.17) is 13.9 Å². The largest absolute Gasteiger partial charge is 0.503 e. The Bertz CT molecular complexity index is 1520. The number of aliphatic hydroxyl groups is 1. The number of carbonyl (C=O) groups is 2. The molecule has 182 valence electrons. The Balaban J connectivity index is 1.60. The summed E-state index contributed by atoms with van der Waals surface area (Å²) in [5, 5.41) is 11.7. The molecule has 0 saturated heterocycles. The van der Waals surface area contributed by atoms with Crippen molar-refractivity contribution >= 4 is 22.7 Å². The summed E-state index contributed by atoms with van der Waals surface area (Å²) < 4.78 is 16.5. The molecule has 1 N–H and O–H groups in total. The number of nitrogens with zero attached hydrogens (tertiary/aromatic N) is 1. The monoisotopic (exact) mass is 483 g/mol. The highest BCUT2D eigenvalue weighted by molar-refractivity contribution is 6.16. The highest BCUT2D eigenvalue weighted by Crippen LogP contribution is 2.41. The molecule has 4 aromatic rings. The van der Waals surface area contributed by atoms with Crippen molar-refractivity contribution in [2.75, 3.05) is 14.2 Å². The van der Waals surface area contributed by atoms with Crippen LogP contribution in [0.1, 0.15) is 33.3 Å². The van der Waals surface area contributed by atoms with Crippen molar-refractivity contribution in [2.45, 2.75) is 19.5 Å². The average molecular weight is 484 g/mol. The number of benzene rings is 3. The van der Waals surface area contributed by atoms with Crippen LogP contribution in [-0.4, -0.2) is 35.9 Å². The van der Waals surface area contributed by atoms with Crippen LogP contribution in [0.4, 0.5) is 0 Å². The number of aryl methyl sites for hydroxylation is 1. The van der Waals surface area contributed by atoms with Crippen LogP contribution >= 0.6 is 0 Å². The minimum Gasteiger partial charge on any atom is -0.503 e. The van der Waals surface area contributed by atoms with E-state index in [0.717, 1.165) is 11.1 Å². The molecule has 5 rings (SSSR count). The van der Waals surface area contributed by atoms with Gasteiger partial charge in [-0.1, -0.05) is 54.1 Å². The fourth-order valence-corrected chi connectivity index (χ4v) is 4.64. The molecule has 0 fully saturated rings. The Hall–Kier alpha value is -4.52. The number of hydrogen-bond acceptors (Lipinski definition) is 6. The average Bonchev–Trinajstić information content (AvgIpc) is 3.43. The molecule has 0 bridgehead atoms. The molecule has 0 saturated carbocycles. The zero-order valence-electron chi connectivity index (χ0n) is 20.1. The zero-order valence-corrected chi connectivity index (χ0v) is 20.1. The summed E-state index contributed by atoms with van der Waals surface area (Å²) in [4.78, 5) is 28.6. The van der Waals surface area contributed by atoms with E-state index in [1.807, 2.05) is 55.5 Å². The Morgan fingerprint density at radius 3 is 2.53 bits per heavy atom. The van der Waals surface area contributed by atoms with Gasteiger partial charge in [-0.05, 0) is 42.3 Å². The first kappa shape index (κ1) is 23.2. The third-order valence-corrected chi connectivity index (χ3v) is 6.34. The van der Waals surface area contributed by atoms with Gasteiger partial charge in [0.1, 0.15) is 5.75 Å². The molecular formula is C29H25NO6. The lowest BCUT2D eigenvalue weighted by molar-refractivity contribution is -0.130. The van der Waals surface area contributed by atoms with Gasteiger partial charge in [-0.25, -0.2) is 0 Å². The van der Waals surface area contributed by atoms with Crippen molar-refractivity contribution in [2.24, 2.45) is 0 Å². The van der Waals surface area contributed by atoms with E-state index in [9.17, 15) is 14.7 Å². The number of ether oxygens (including phenoxy) is 2. The summed E-state index contributed by atoms with van der Waals surface area (Å²) in [6, 6.07) is 21.0. The van der Waals surface area contributed by atoms with Crippen LogP contribution in [0.5, 0.6) is 11.5 Å². The molecule has 2 heterocycles. The van der Waals surface area contributed by atoms with Crippen LogP contribution in [0.25, 0.3) is 11.0 Å². The number of Topliss-reactive ketones (excluding diaryl/α,β-unsaturated/α-hetero) is 1. The lowest BCUT2D eigenvalue weighted by Crippen LogP contribution is -2.30. The third-order valence-electron chi connectivity index (χ3n) is 6.34. The molecular weight excluding hydrogens is 458 g/mol. The number of amides is 1. The number of para-hydroxylation sites is 1. The van der Waals surface area contributed by atoms with Gasteiger partial charge in [0.2, 0.25) is 5.78 Å². The van der Waals surface area contributed by atoms with Gasteiger partial charge >= 0.3 is 0 Å². The number of aliphatic hydroxyl groups excluding tert-OH is 1. The van der Waals surface area contributed by atoms with Crippen LogP contribution in [0.2, 0.25) is 0 Å². The van der Waals surface area contributed by atoms with Crippen molar-refractivity contribution in [1.29, 1.82) is 0 Å². The Morgan fingerprint density at radius 1 is 1.00 bits per heavy atom. The second kappa shape index (κ2) is 9.26. The zero-order chi connectivity index (χ0) is 25.4. The van der Waals surface area contributed by atoms with Crippen LogP contribution in [0, 0.1) is 6.92 Å². The summed E-state index contributed by atoms with van der Waals surface area (Å²) in [7, 11) is 3.09. The van der Waals surface area contributed by atoms with Crippen LogP contribution in [0.15, 0.2) is 88.5 Å². The molecule has 0 aliphatic carbocycles. The van der Waals surface area contributed by atoms with Crippen LogP contribution in [-0.2, 0) is 11.3 Å². The molecule has 1 unspecified atom stereocenters. The van der Waals surface area contributed by atoms with Gasteiger partial charge in [-0.3, -0.25) is 9.59 Å². The highest BCUT2D eigenvalue weighted by atomic mass is 16.5. The molecule has 3 aromatic carbocycles. The highest BCUT2D eigenvalue weighted by Gasteiger charge is 2.44. The summed E-state index contributed by atoms with van der Waals surface area (Å²) in [6.07, 6.45) is 0. The van der Waals surface area contributed by atoms with E-state index in [-0.39, 0.29) is 17.9 Å². The number of hydrogen-bond donors (Lipinski definition) is 1. The SMILES string of the molecule is COc1cccc(CN2C(=O)C(O)=C(C(=O)c3cc4cccc(OC)c4o3)C2c2cccc(C)c2)c1. The Morgan fingerprint density at radius 2 is 1.78 bits per heavy atom. The van der Waals surface area contributed by atoms with Gasteiger partial charge in [0.15, 0.2) is 22.9 Å². The predicted molar refractivity (Wildman–Crippen MR) is 134 cm³/mol. The first-order valence-electron chi connectivity index (χ1n) is 11.5. The van der Waals surface area contributed by atoms with Gasteiger partial charge in [0, 0.05) is 11.9 Å². The van der Waals surface area contributed by atoms with E-state index in [2.05, 4.69) is 0 Å². The third kappa shape index (κ3) is 3.98. The molecule has 7 heteroatoms. The molecule has 0 radical (unpaired) electrons. The van der Waals surface area contributed by atoms with Crippen molar-refractivity contribution in [3.05, 3.63) is 107 Å². The lowest BCUT2D eigenvalue weighted by atomic mass is 9.94. The van der Waals surface area contributed by atoms with Gasteiger partial charge in [-0.15, -0.1) is 0 Å². The van der Waals surface area contributed by atoms with Gasteiger partial charge in [-0.2, -0.15) is 0 Å². The number of rotatable bonds is 7. The first-order chi connectivity index (χ1) is 17.4. The van der Waals surface area contributed by atoms with Crippen LogP contribution in [0.3, 0.4) is 0 Å². The molecule has 1 atom stereocenters. The lowest BCUT2D eigenvalue weighted by Gasteiger charge is -2.27. The van der Waals surface area contributed by atoms with Gasteiger partial charge in [0.05, 0.1) is 25.8 Å².